The largest absolute Gasteiger partial charge is 0.389 e. The van der Waals surface area contributed by atoms with Gasteiger partial charge in [0.05, 0.1) is 11.1 Å². The molecule has 0 amide bonds. The lowest BCUT2D eigenvalue weighted by molar-refractivity contribution is 0.198. The lowest BCUT2D eigenvalue weighted by Crippen LogP contribution is -1.94. The van der Waals surface area contributed by atoms with Gasteiger partial charge in [-0.15, -0.1) is 0 Å². The van der Waals surface area contributed by atoms with Crippen molar-refractivity contribution >= 4 is 27.5 Å². The predicted octanol–water partition coefficient (Wildman–Crippen LogP) is 2.55. The van der Waals surface area contributed by atoms with Gasteiger partial charge >= 0.3 is 0 Å². The first kappa shape index (κ1) is 8.97. The van der Waals surface area contributed by atoms with E-state index in [0.717, 1.165) is 4.47 Å². The molecule has 0 radical (unpaired) electrons. The topological polar surface area (TPSA) is 33.1 Å². The van der Waals surface area contributed by atoms with E-state index in [0.29, 0.717) is 10.6 Å². The van der Waals surface area contributed by atoms with Crippen LogP contribution >= 0.6 is 27.5 Å². The van der Waals surface area contributed by atoms with Gasteiger partial charge in [-0.3, -0.25) is 4.98 Å². The highest BCUT2D eigenvalue weighted by Crippen LogP contribution is 2.28. The minimum atomic E-state index is -0.570. The van der Waals surface area contributed by atoms with Gasteiger partial charge in [-0.2, -0.15) is 0 Å². The predicted molar refractivity (Wildman–Crippen MR) is 47.6 cm³/mol. The van der Waals surface area contributed by atoms with Crippen LogP contribution in [0.5, 0.6) is 0 Å². The first-order chi connectivity index (χ1) is 5.13. The Bertz CT molecular complexity index is 244. The summed E-state index contributed by atoms with van der Waals surface area (Å²) in [5, 5.41) is 9.72. The van der Waals surface area contributed by atoms with Crippen LogP contribution in [0.25, 0.3) is 0 Å². The maximum atomic E-state index is 9.24. The summed E-state index contributed by atoms with van der Waals surface area (Å²) in [6, 6.07) is 0. The monoisotopic (exact) mass is 235 g/mol. The normalized spacial score (nSPS) is 13.1. The summed E-state index contributed by atoms with van der Waals surface area (Å²) in [6.45, 7) is 1.66. The van der Waals surface area contributed by atoms with Crippen molar-refractivity contribution < 1.29 is 5.11 Å². The van der Waals surface area contributed by atoms with Gasteiger partial charge in [-0.25, -0.2) is 0 Å². The highest BCUT2D eigenvalue weighted by atomic mass is 79.9. The molecule has 1 atom stereocenters. The molecule has 0 aliphatic carbocycles. The van der Waals surface area contributed by atoms with E-state index in [2.05, 4.69) is 20.9 Å². The second kappa shape index (κ2) is 3.52. The summed E-state index contributed by atoms with van der Waals surface area (Å²) in [7, 11) is 0. The van der Waals surface area contributed by atoms with Crippen molar-refractivity contribution in [1.29, 1.82) is 0 Å². The standard InChI is InChI=1S/C7H7BrClNO/c1-4(11)7-5(8)2-10-3-6(7)9/h2-4,11H,1H3/t4-/m1/s1. The molecule has 0 saturated carbocycles. The molecular formula is C7H7BrClNO. The molecule has 1 aromatic heterocycles. The van der Waals surface area contributed by atoms with Crippen LogP contribution in [0.3, 0.4) is 0 Å². The number of rotatable bonds is 1. The van der Waals surface area contributed by atoms with Crippen LogP contribution in [-0.2, 0) is 0 Å². The Morgan fingerprint density at radius 3 is 2.64 bits per heavy atom. The van der Waals surface area contributed by atoms with E-state index in [1.165, 1.54) is 6.20 Å². The fraction of sp³-hybridized carbons (Fsp3) is 0.286. The molecule has 11 heavy (non-hydrogen) atoms. The van der Waals surface area contributed by atoms with Gasteiger partial charge < -0.3 is 5.11 Å². The average molecular weight is 236 g/mol. The summed E-state index contributed by atoms with van der Waals surface area (Å²) < 4.78 is 0.736. The number of aliphatic hydroxyl groups is 1. The second-order valence-electron chi connectivity index (χ2n) is 2.19. The number of nitrogens with zero attached hydrogens (tertiary/aromatic N) is 1. The molecule has 1 N–H and O–H groups in total. The van der Waals surface area contributed by atoms with Crippen molar-refractivity contribution in [2.24, 2.45) is 0 Å². The number of hydrogen-bond acceptors (Lipinski definition) is 2. The molecule has 1 heterocycles. The second-order valence-corrected chi connectivity index (χ2v) is 3.45. The molecular weight excluding hydrogens is 229 g/mol. The summed E-state index contributed by atoms with van der Waals surface area (Å²) >= 11 is 9.01. The molecule has 0 aliphatic heterocycles. The van der Waals surface area contributed by atoms with Crippen LogP contribution < -0.4 is 0 Å². The molecule has 1 rings (SSSR count). The molecule has 0 bridgehead atoms. The Labute approximate surface area is 78.3 Å². The quantitative estimate of drug-likeness (QED) is 0.813. The fourth-order valence-electron chi connectivity index (χ4n) is 0.820. The smallest absolute Gasteiger partial charge is 0.0788 e. The van der Waals surface area contributed by atoms with Crippen molar-refractivity contribution in [2.45, 2.75) is 13.0 Å². The Balaban J connectivity index is 3.21. The Morgan fingerprint density at radius 2 is 2.27 bits per heavy atom. The zero-order chi connectivity index (χ0) is 8.43. The highest BCUT2D eigenvalue weighted by molar-refractivity contribution is 9.10. The lowest BCUT2D eigenvalue weighted by Gasteiger charge is -2.07. The Hall–Kier alpha value is -0.120. The van der Waals surface area contributed by atoms with Gasteiger partial charge in [0, 0.05) is 22.4 Å². The SMILES string of the molecule is C[C@@H](O)c1c(Cl)cncc1Br. The third kappa shape index (κ3) is 1.92. The molecule has 0 aromatic carbocycles. The fourth-order valence-corrected chi connectivity index (χ4v) is 1.91. The van der Waals surface area contributed by atoms with Gasteiger partial charge in [0.15, 0.2) is 0 Å². The van der Waals surface area contributed by atoms with Crippen molar-refractivity contribution in [3.8, 4) is 0 Å². The zero-order valence-corrected chi connectivity index (χ0v) is 8.22. The van der Waals surface area contributed by atoms with E-state index in [1.54, 1.807) is 13.1 Å². The van der Waals surface area contributed by atoms with Crippen LogP contribution in [-0.4, -0.2) is 10.1 Å². The average Bonchev–Trinajstić information content (AvgIpc) is 1.85. The van der Waals surface area contributed by atoms with Gasteiger partial charge in [-0.1, -0.05) is 11.6 Å². The molecule has 4 heteroatoms. The zero-order valence-electron chi connectivity index (χ0n) is 5.88. The minimum absolute atomic E-state index is 0.481. The van der Waals surface area contributed by atoms with Crippen molar-refractivity contribution in [3.63, 3.8) is 0 Å². The summed E-state index contributed by atoms with van der Waals surface area (Å²) in [5.41, 5.74) is 0.682. The molecule has 0 unspecified atom stereocenters. The molecule has 0 saturated heterocycles. The Morgan fingerprint density at radius 1 is 1.64 bits per heavy atom. The molecule has 1 aromatic rings. The van der Waals surface area contributed by atoms with E-state index < -0.39 is 6.10 Å². The molecule has 0 fully saturated rings. The van der Waals surface area contributed by atoms with E-state index in [9.17, 15) is 5.11 Å². The van der Waals surface area contributed by atoms with Gasteiger partial charge in [0.2, 0.25) is 0 Å². The van der Waals surface area contributed by atoms with E-state index in [4.69, 9.17) is 11.6 Å². The maximum absolute atomic E-state index is 9.24. The summed E-state index contributed by atoms with van der Waals surface area (Å²) in [6.07, 6.45) is 2.54. The van der Waals surface area contributed by atoms with Crippen LogP contribution in [0, 0.1) is 0 Å². The van der Waals surface area contributed by atoms with Crippen LogP contribution in [0.2, 0.25) is 5.02 Å². The van der Waals surface area contributed by atoms with Crippen molar-refractivity contribution in [1.82, 2.24) is 4.98 Å². The Kier molecular flexibility index (Phi) is 2.87. The summed E-state index contributed by atoms with van der Waals surface area (Å²) in [4.78, 5) is 3.84. The number of aliphatic hydroxyl groups excluding tert-OH is 1. The van der Waals surface area contributed by atoms with Crippen LogP contribution in [0.15, 0.2) is 16.9 Å². The molecule has 2 nitrogen and oxygen atoms in total. The van der Waals surface area contributed by atoms with Crippen molar-refractivity contribution in [2.75, 3.05) is 0 Å². The third-order valence-electron chi connectivity index (χ3n) is 1.31. The van der Waals surface area contributed by atoms with E-state index in [1.807, 2.05) is 0 Å². The number of hydrogen-bond donors (Lipinski definition) is 1. The van der Waals surface area contributed by atoms with Crippen LogP contribution in [0.1, 0.15) is 18.6 Å². The number of pyridine rings is 1. The molecule has 60 valence electrons. The van der Waals surface area contributed by atoms with E-state index >= 15 is 0 Å². The lowest BCUT2D eigenvalue weighted by atomic mass is 10.2. The third-order valence-corrected chi connectivity index (χ3v) is 2.24. The van der Waals surface area contributed by atoms with Gasteiger partial charge in [0.25, 0.3) is 0 Å². The van der Waals surface area contributed by atoms with E-state index in [-0.39, 0.29) is 0 Å². The van der Waals surface area contributed by atoms with Crippen molar-refractivity contribution in [3.05, 3.63) is 27.5 Å². The van der Waals surface area contributed by atoms with Gasteiger partial charge in [-0.05, 0) is 22.9 Å². The minimum Gasteiger partial charge on any atom is -0.389 e. The van der Waals surface area contributed by atoms with Crippen LogP contribution in [0.4, 0.5) is 0 Å². The molecule has 0 aliphatic rings. The number of halogens is 2. The first-order valence-corrected chi connectivity index (χ1v) is 4.27. The maximum Gasteiger partial charge on any atom is 0.0788 e. The highest BCUT2D eigenvalue weighted by Gasteiger charge is 2.09. The number of aromatic nitrogens is 1. The first-order valence-electron chi connectivity index (χ1n) is 3.10. The van der Waals surface area contributed by atoms with Gasteiger partial charge in [0.1, 0.15) is 0 Å². The molecule has 0 spiro atoms. The summed E-state index contributed by atoms with van der Waals surface area (Å²) in [5.74, 6) is 0.